The van der Waals surface area contributed by atoms with Crippen LogP contribution in [0.5, 0.6) is 5.75 Å². The zero-order chi connectivity index (χ0) is 12.0. The molecule has 0 saturated heterocycles. The molecule has 1 rings (SSSR count). The molecule has 0 aromatic heterocycles. The molecule has 0 atom stereocenters. The summed E-state index contributed by atoms with van der Waals surface area (Å²) in [5.41, 5.74) is 5.67. The van der Waals surface area contributed by atoms with E-state index in [2.05, 4.69) is 4.74 Å². The Kier molecular flexibility index (Phi) is 5.08. The van der Waals surface area contributed by atoms with Gasteiger partial charge in [-0.25, -0.2) is 4.79 Å². The minimum absolute atomic E-state index is 0.326. The first kappa shape index (κ1) is 12.8. The molecular weight excluding hydrogens is 230 g/mol. The molecule has 0 bridgehead atoms. The second kappa shape index (κ2) is 6.35. The Morgan fingerprint density at radius 2 is 2.25 bits per heavy atom. The molecule has 0 aliphatic heterocycles. The number of rotatable bonds is 5. The fourth-order valence-electron chi connectivity index (χ4n) is 1.16. The van der Waals surface area contributed by atoms with Crippen LogP contribution >= 0.6 is 11.6 Å². The van der Waals surface area contributed by atoms with E-state index >= 15 is 0 Å². The van der Waals surface area contributed by atoms with Crippen LogP contribution in [0.4, 0.5) is 0 Å². The number of nitrogens with two attached hydrogens (primary N) is 1. The predicted molar refractivity (Wildman–Crippen MR) is 62.0 cm³/mol. The summed E-state index contributed by atoms with van der Waals surface area (Å²) >= 11 is 5.80. The van der Waals surface area contributed by atoms with Crippen molar-refractivity contribution in [3.8, 4) is 5.75 Å². The van der Waals surface area contributed by atoms with Gasteiger partial charge in [-0.15, -0.1) is 0 Å². The second-order valence-corrected chi connectivity index (χ2v) is 3.56. The SMILES string of the molecule is COC(=O)c1cc(Cl)ccc1OCCCN. The van der Waals surface area contributed by atoms with Crippen LogP contribution in [0.25, 0.3) is 0 Å². The van der Waals surface area contributed by atoms with Crippen LogP contribution in [0.2, 0.25) is 5.02 Å². The molecule has 1 aromatic carbocycles. The van der Waals surface area contributed by atoms with E-state index in [1.54, 1.807) is 12.1 Å². The van der Waals surface area contributed by atoms with Crippen molar-refractivity contribution in [3.05, 3.63) is 28.8 Å². The third kappa shape index (κ3) is 3.40. The van der Waals surface area contributed by atoms with Gasteiger partial charge in [-0.05, 0) is 31.2 Å². The van der Waals surface area contributed by atoms with E-state index in [4.69, 9.17) is 22.1 Å². The van der Waals surface area contributed by atoms with Crippen molar-refractivity contribution in [2.24, 2.45) is 5.73 Å². The molecule has 0 amide bonds. The first-order valence-electron chi connectivity index (χ1n) is 4.89. The largest absolute Gasteiger partial charge is 0.493 e. The number of methoxy groups -OCH3 is 1. The van der Waals surface area contributed by atoms with E-state index < -0.39 is 5.97 Å². The molecule has 5 heteroatoms. The molecule has 0 radical (unpaired) electrons. The van der Waals surface area contributed by atoms with Crippen molar-refractivity contribution < 1.29 is 14.3 Å². The Morgan fingerprint density at radius 1 is 1.50 bits per heavy atom. The maximum atomic E-state index is 11.4. The normalized spacial score (nSPS) is 9.94. The molecule has 0 spiro atoms. The van der Waals surface area contributed by atoms with Gasteiger partial charge >= 0.3 is 5.97 Å². The number of halogens is 1. The topological polar surface area (TPSA) is 61.5 Å². The molecule has 16 heavy (non-hydrogen) atoms. The quantitative estimate of drug-likeness (QED) is 0.633. The Morgan fingerprint density at radius 3 is 2.88 bits per heavy atom. The van der Waals surface area contributed by atoms with Crippen molar-refractivity contribution >= 4 is 17.6 Å². The molecule has 0 unspecified atom stereocenters. The van der Waals surface area contributed by atoms with Gasteiger partial charge in [0.15, 0.2) is 0 Å². The van der Waals surface area contributed by atoms with Crippen LogP contribution in [0.15, 0.2) is 18.2 Å². The number of carbonyl (C=O) groups excluding carboxylic acids is 1. The number of benzene rings is 1. The lowest BCUT2D eigenvalue weighted by Crippen LogP contribution is -2.09. The number of hydrogen-bond acceptors (Lipinski definition) is 4. The molecular formula is C11H14ClNO3. The lowest BCUT2D eigenvalue weighted by atomic mass is 10.2. The van der Waals surface area contributed by atoms with Crippen LogP contribution in [0, 0.1) is 0 Å². The maximum Gasteiger partial charge on any atom is 0.341 e. The highest BCUT2D eigenvalue weighted by Gasteiger charge is 2.13. The van der Waals surface area contributed by atoms with Crippen molar-refractivity contribution in [1.29, 1.82) is 0 Å². The van der Waals surface area contributed by atoms with Gasteiger partial charge in [0.05, 0.1) is 13.7 Å². The lowest BCUT2D eigenvalue weighted by Gasteiger charge is -2.09. The van der Waals surface area contributed by atoms with Gasteiger partial charge in [-0.3, -0.25) is 0 Å². The standard InChI is InChI=1S/C11H14ClNO3/c1-15-11(14)9-7-8(12)3-4-10(9)16-6-2-5-13/h3-4,7H,2,5-6,13H2,1H3. The molecule has 0 aliphatic carbocycles. The summed E-state index contributed by atoms with van der Waals surface area (Å²) < 4.78 is 10.1. The van der Waals surface area contributed by atoms with Crippen LogP contribution in [-0.4, -0.2) is 26.2 Å². The maximum absolute atomic E-state index is 11.4. The zero-order valence-corrected chi connectivity index (χ0v) is 9.79. The van der Waals surface area contributed by atoms with Crippen molar-refractivity contribution in [2.45, 2.75) is 6.42 Å². The lowest BCUT2D eigenvalue weighted by molar-refractivity contribution is 0.0596. The molecule has 0 fully saturated rings. The van der Waals surface area contributed by atoms with Gasteiger partial charge in [0, 0.05) is 5.02 Å². The van der Waals surface area contributed by atoms with Crippen molar-refractivity contribution in [1.82, 2.24) is 0 Å². The fourth-order valence-corrected chi connectivity index (χ4v) is 1.34. The van der Waals surface area contributed by atoms with Gasteiger partial charge in [0.1, 0.15) is 11.3 Å². The molecule has 0 heterocycles. The number of hydrogen-bond donors (Lipinski definition) is 1. The third-order valence-electron chi connectivity index (χ3n) is 1.95. The second-order valence-electron chi connectivity index (χ2n) is 3.12. The van der Waals surface area contributed by atoms with Gasteiger partial charge in [-0.1, -0.05) is 11.6 Å². The number of ether oxygens (including phenoxy) is 2. The van der Waals surface area contributed by atoms with Crippen LogP contribution < -0.4 is 10.5 Å². The first-order valence-corrected chi connectivity index (χ1v) is 5.27. The van der Waals surface area contributed by atoms with Gasteiger partial charge in [-0.2, -0.15) is 0 Å². The van der Waals surface area contributed by atoms with E-state index in [0.717, 1.165) is 6.42 Å². The molecule has 4 nitrogen and oxygen atoms in total. The van der Waals surface area contributed by atoms with E-state index in [9.17, 15) is 4.79 Å². The minimum atomic E-state index is -0.467. The average molecular weight is 244 g/mol. The van der Waals surface area contributed by atoms with Crippen LogP contribution in [0.3, 0.4) is 0 Å². The van der Waals surface area contributed by atoms with E-state index in [1.807, 2.05) is 0 Å². The first-order chi connectivity index (χ1) is 7.69. The summed E-state index contributed by atoms with van der Waals surface area (Å²) in [4.78, 5) is 11.4. The van der Waals surface area contributed by atoms with E-state index in [0.29, 0.717) is 29.5 Å². The summed E-state index contributed by atoms with van der Waals surface area (Å²) in [5, 5.41) is 0.464. The highest BCUT2D eigenvalue weighted by atomic mass is 35.5. The Bertz CT molecular complexity index is 368. The smallest absolute Gasteiger partial charge is 0.341 e. The summed E-state index contributed by atoms with van der Waals surface area (Å²) in [7, 11) is 1.31. The van der Waals surface area contributed by atoms with Crippen LogP contribution in [-0.2, 0) is 4.74 Å². The average Bonchev–Trinajstić information content (AvgIpc) is 2.30. The minimum Gasteiger partial charge on any atom is -0.493 e. The molecule has 2 N–H and O–H groups in total. The number of esters is 1. The summed E-state index contributed by atoms with van der Waals surface area (Å²) in [6, 6.07) is 4.82. The Hall–Kier alpha value is -1.26. The molecule has 88 valence electrons. The highest BCUT2D eigenvalue weighted by Crippen LogP contribution is 2.23. The predicted octanol–water partition coefficient (Wildman–Crippen LogP) is 1.85. The third-order valence-corrected chi connectivity index (χ3v) is 2.19. The zero-order valence-electron chi connectivity index (χ0n) is 9.03. The van der Waals surface area contributed by atoms with Crippen LogP contribution in [0.1, 0.15) is 16.8 Å². The molecule has 0 aliphatic rings. The van der Waals surface area contributed by atoms with Crippen molar-refractivity contribution in [2.75, 3.05) is 20.3 Å². The summed E-state index contributed by atoms with van der Waals surface area (Å²) in [5.74, 6) is -0.00468. The molecule has 0 saturated carbocycles. The Labute approximate surface area is 99.3 Å². The summed E-state index contributed by atoms with van der Waals surface area (Å²) in [6.07, 6.45) is 0.725. The molecule has 1 aromatic rings. The monoisotopic (exact) mass is 243 g/mol. The van der Waals surface area contributed by atoms with Crippen molar-refractivity contribution in [3.63, 3.8) is 0 Å². The van der Waals surface area contributed by atoms with Gasteiger partial charge < -0.3 is 15.2 Å². The summed E-state index contributed by atoms with van der Waals surface area (Å²) in [6.45, 7) is 1.00. The van der Waals surface area contributed by atoms with Gasteiger partial charge in [0.2, 0.25) is 0 Å². The van der Waals surface area contributed by atoms with E-state index in [-0.39, 0.29) is 0 Å². The number of carbonyl (C=O) groups is 1. The van der Waals surface area contributed by atoms with Gasteiger partial charge in [0.25, 0.3) is 0 Å². The highest BCUT2D eigenvalue weighted by molar-refractivity contribution is 6.31. The fraction of sp³-hybridized carbons (Fsp3) is 0.364. The Balaban J connectivity index is 2.85. The van der Waals surface area contributed by atoms with E-state index in [1.165, 1.54) is 13.2 Å².